The van der Waals surface area contributed by atoms with Crippen LogP contribution in [0, 0.1) is 0 Å². The van der Waals surface area contributed by atoms with Crippen LogP contribution >= 0.6 is 0 Å². The number of unbranched alkanes of at least 4 members (excludes halogenated alkanes) is 2. The van der Waals surface area contributed by atoms with Gasteiger partial charge >= 0.3 is 0 Å². The molecule has 0 saturated carbocycles. The Hall–Kier alpha value is -0.0800. The third-order valence-electron chi connectivity index (χ3n) is 3.30. The average molecular weight is 188 g/mol. The predicted octanol–water partition coefficient (Wildman–Crippen LogP) is 2.03. The number of hydrogen-bond donors (Lipinski definition) is 1. The van der Waals surface area contributed by atoms with Gasteiger partial charge in [0.1, 0.15) is 0 Å². The molecule has 0 heterocycles. The maximum atomic E-state index is 8.66. The Morgan fingerprint density at radius 1 is 0.846 bits per heavy atom. The van der Waals surface area contributed by atoms with Crippen LogP contribution in [0.2, 0.25) is 0 Å². The van der Waals surface area contributed by atoms with E-state index >= 15 is 0 Å². The summed E-state index contributed by atoms with van der Waals surface area (Å²) in [7, 11) is 0. The normalized spacial score (nSPS) is 12.0. The zero-order chi connectivity index (χ0) is 10.2. The second kappa shape index (κ2) is 7.34. The molecule has 0 aliphatic heterocycles. The average Bonchev–Trinajstić information content (AvgIpc) is 2.20. The van der Waals surface area contributed by atoms with Crippen LogP contribution in [0.1, 0.15) is 40.0 Å². The van der Waals surface area contributed by atoms with E-state index in [2.05, 4.69) is 20.8 Å². The Bertz CT molecular complexity index is 102. The van der Waals surface area contributed by atoms with Crippen LogP contribution in [-0.4, -0.2) is 42.4 Å². The van der Waals surface area contributed by atoms with Crippen LogP contribution in [-0.2, 0) is 0 Å². The molecule has 13 heavy (non-hydrogen) atoms. The van der Waals surface area contributed by atoms with Gasteiger partial charge in [0.15, 0.2) is 0 Å². The van der Waals surface area contributed by atoms with Gasteiger partial charge in [0, 0.05) is 6.61 Å². The van der Waals surface area contributed by atoms with E-state index in [4.69, 9.17) is 5.11 Å². The minimum absolute atomic E-state index is 0.352. The van der Waals surface area contributed by atoms with Crippen LogP contribution in [0.3, 0.4) is 0 Å². The topological polar surface area (TPSA) is 20.2 Å². The van der Waals surface area contributed by atoms with Crippen molar-refractivity contribution >= 4 is 0 Å². The molecule has 0 atom stereocenters. The van der Waals surface area contributed by atoms with Crippen molar-refractivity contribution in [3.05, 3.63) is 0 Å². The van der Waals surface area contributed by atoms with Crippen molar-refractivity contribution in [3.63, 3.8) is 0 Å². The molecule has 0 aromatic rings. The van der Waals surface area contributed by atoms with Crippen molar-refractivity contribution in [1.82, 2.24) is 0 Å². The van der Waals surface area contributed by atoms with E-state index in [9.17, 15) is 0 Å². The molecule has 2 heteroatoms. The van der Waals surface area contributed by atoms with Gasteiger partial charge in [0.25, 0.3) is 0 Å². The second-order valence-electron chi connectivity index (χ2n) is 3.80. The maximum Gasteiger partial charge on any atom is 0.0786 e. The van der Waals surface area contributed by atoms with Crippen molar-refractivity contribution in [2.45, 2.75) is 40.0 Å². The largest absolute Gasteiger partial charge is 0.396 e. The molecule has 2 nitrogen and oxygen atoms in total. The van der Waals surface area contributed by atoms with Gasteiger partial charge in [-0.15, -0.1) is 0 Å². The lowest BCUT2D eigenvalue weighted by atomic mass is 10.2. The van der Waals surface area contributed by atoms with Gasteiger partial charge in [-0.05, 0) is 40.0 Å². The standard InChI is InChI=1S/C11H26NO/c1-4-12(5-2,6-3)10-8-7-9-11-13/h13H,4-11H2,1-3H3/q+1. The zero-order valence-corrected chi connectivity index (χ0v) is 9.55. The third-order valence-corrected chi connectivity index (χ3v) is 3.30. The first-order valence-electron chi connectivity index (χ1n) is 5.70. The smallest absolute Gasteiger partial charge is 0.0786 e. The highest BCUT2D eigenvalue weighted by Gasteiger charge is 2.19. The van der Waals surface area contributed by atoms with E-state index in [1.807, 2.05) is 0 Å². The molecule has 0 radical (unpaired) electrons. The van der Waals surface area contributed by atoms with Gasteiger partial charge in [-0.1, -0.05) is 0 Å². The van der Waals surface area contributed by atoms with Crippen molar-refractivity contribution in [1.29, 1.82) is 0 Å². The number of aliphatic hydroxyl groups is 1. The first-order chi connectivity index (χ1) is 6.24. The summed E-state index contributed by atoms with van der Waals surface area (Å²) in [5.74, 6) is 0. The molecule has 0 unspecified atom stereocenters. The number of quaternary nitrogens is 1. The summed E-state index contributed by atoms with van der Waals surface area (Å²) < 4.78 is 1.24. The molecular formula is C11H26NO+. The Balaban J connectivity index is 3.68. The van der Waals surface area contributed by atoms with Gasteiger partial charge in [-0.3, -0.25) is 0 Å². The number of hydrogen-bond acceptors (Lipinski definition) is 1. The molecule has 0 aromatic heterocycles. The lowest BCUT2D eigenvalue weighted by Crippen LogP contribution is -2.48. The van der Waals surface area contributed by atoms with Gasteiger partial charge in [0.2, 0.25) is 0 Å². The zero-order valence-electron chi connectivity index (χ0n) is 9.55. The Kier molecular flexibility index (Phi) is 7.29. The molecular weight excluding hydrogens is 162 g/mol. The molecule has 0 spiro atoms. The summed E-state index contributed by atoms with van der Waals surface area (Å²) in [6.07, 6.45) is 3.41. The molecule has 0 rings (SSSR count). The lowest BCUT2D eigenvalue weighted by Gasteiger charge is -2.35. The Labute approximate surface area is 83.2 Å². The minimum Gasteiger partial charge on any atom is -0.396 e. The van der Waals surface area contributed by atoms with Crippen LogP contribution < -0.4 is 0 Å². The SMILES string of the molecule is CC[N+](CC)(CC)CCCCCO. The molecule has 1 N–H and O–H groups in total. The first-order valence-corrected chi connectivity index (χ1v) is 5.70. The number of aliphatic hydroxyl groups excluding tert-OH is 1. The molecule has 0 aliphatic carbocycles. The van der Waals surface area contributed by atoms with Gasteiger partial charge in [0.05, 0.1) is 26.2 Å². The summed E-state index contributed by atoms with van der Waals surface area (Å²) in [5, 5.41) is 8.66. The molecule has 0 amide bonds. The van der Waals surface area contributed by atoms with E-state index in [1.54, 1.807) is 0 Å². The van der Waals surface area contributed by atoms with Crippen LogP contribution in [0.5, 0.6) is 0 Å². The van der Waals surface area contributed by atoms with Gasteiger partial charge in [-0.25, -0.2) is 0 Å². The second-order valence-corrected chi connectivity index (χ2v) is 3.80. The molecule has 0 fully saturated rings. The van der Waals surface area contributed by atoms with E-state index < -0.39 is 0 Å². The van der Waals surface area contributed by atoms with Crippen molar-refractivity contribution in [3.8, 4) is 0 Å². The fourth-order valence-corrected chi connectivity index (χ4v) is 1.88. The summed E-state index contributed by atoms with van der Waals surface area (Å²) in [5.41, 5.74) is 0. The first kappa shape index (κ1) is 12.9. The monoisotopic (exact) mass is 188 g/mol. The van der Waals surface area contributed by atoms with E-state index in [0.29, 0.717) is 6.61 Å². The van der Waals surface area contributed by atoms with Crippen molar-refractivity contribution < 1.29 is 9.59 Å². The summed E-state index contributed by atoms with van der Waals surface area (Å²) in [4.78, 5) is 0. The van der Waals surface area contributed by atoms with Gasteiger partial charge < -0.3 is 9.59 Å². The Morgan fingerprint density at radius 3 is 1.77 bits per heavy atom. The highest BCUT2D eigenvalue weighted by atomic mass is 16.2. The maximum absolute atomic E-state index is 8.66. The number of rotatable bonds is 8. The fourth-order valence-electron chi connectivity index (χ4n) is 1.88. The van der Waals surface area contributed by atoms with Crippen LogP contribution in [0.15, 0.2) is 0 Å². The summed E-state index contributed by atoms with van der Waals surface area (Å²) in [6, 6.07) is 0. The molecule has 80 valence electrons. The summed E-state index contributed by atoms with van der Waals surface area (Å²) >= 11 is 0. The van der Waals surface area contributed by atoms with Crippen LogP contribution in [0.25, 0.3) is 0 Å². The van der Waals surface area contributed by atoms with E-state index in [1.165, 1.54) is 43.5 Å². The highest BCUT2D eigenvalue weighted by molar-refractivity contribution is 4.43. The quantitative estimate of drug-likeness (QED) is 0.456. The lowest BCUT2D eigenvalue weighted by molar-refractivity contribution is -0.923. The molecule has 0 aliphatic rings. The third kappa shape index (κ3) is 4.63. The molecule has 0 bridgehead atoms. The van der Waals surface area contributed by atoms with Crippen molar-refractivity contribution in [2.24, 2.45) is 0 Å². The van der Waals surface area contributed by atoms with E-state index in [0.717, 1.165) is 6.42 Å². The summed E-state index contributed by atoms with van der Waals surface area (Å²) in [6.45, 7) is 12.2. The Morgan fingerprint density at radius 2 is 1.38 bits per heavy atom. The van der Waals surface area contributed by atoms with E-state index in [-0.39, 0.29) is 0 Å². The molecule has 0 aromatic carbocycles. The number of nitrogens with zero attached hydrogens (tertiary/aromatic N) is 1. The van der Waals surface area contributed by atoms with Crippen LogP contribution in [0.4, 0.5) is 0 Å². The highest BCUT2D eigenvalue weighted by Crippen LogP contribution is 2.09. The predicted molar refractivity (Wildman–Crippen MR) is 57.7 cm³/mol. The molecule has 0 saturated heterocycles. The van der Waals surface area contributed by atoms with Crippen molar-refractivity contribution in [2.75, 3.05) is 32.8 Å². The minimum atomic E-state index is 0.352. The van der Waals surface area contributed by atoms with Gasteiger partial charge in [-0.2, -0.15) is 0 Å². The fraction of sp³-hybridized carbons (Fsp3) is 1.00.